The molecule has 0 bridgehead atoms. The van der Waals surface area contributed by atoms with Crippen molar-refractivity contribution in [1.29, 1.82) is 0 Å². The lowest BCUT2D eigenvalue weighted by atomic mass is 10.1. The predicted molar refractivity (Wildman–Crippen MR) is 69.9 cm³/mol. The molecule has 0 saturated carbocycles. The average Bonchev–Trinajstić information content (AvgIpc) is 2.41. The fraction of sp³-hybridized carbons (Fsp3) is 0.133. The van der Waals surface area contributed by atoms with Gasteiger partial charge < -0.3 is 4.84 Å². The fourth-order valence-electron chi connectivity index (χ4n) is 1.51. The summed E-state index contributed by atoms with van der Waals surface area (Å²) in [7, 11) is 0. The Morgan fingerprint density at radius 1 is 0.941 bits per heavy atom. The molecule has 0 spiro atoms. The molecular formula is C15H15NO. The molecule has 0 atom stereocenters. The summed E-state index contributed by atoms with van der Waals surface area (Å²) >= 11 is 0. The van der Waals surface area contributed by atoms with E-state index in [-0.39, 0.29) is 0 Å². The normalized spacial score (nSPS) is 11.2. The highest BCUT2D eigenvalue weighted by molar-refractivity contribution is 5.98. The van der Waals surface area contributed by atoms with Crippen molar-refractivity contribution in [3.63, 3.8) is 0 Å². The Bertz CT molecular complexity index is 477. The third-order valence-corrected chi connectivity index (χ3v) is 2.47. The second-order valence-corrected chi connectivity index (χ2v) is 3.80. The van der Waals surface area contributed by atoms with Gasteiger partial charge in [0.1, 0.15) is 6.61 Å². The van der Waals surface area contributed by atoms with Crippen molar-refractivity contribution in [1.82, 2.24) is 0 Å². The number of oxime groups is 1. The number of hydrogen-bond donors (Lipinski definition) is 0. The highest BCUT2D eigenvalue weighted by Crippen LogP contribution is 2.04. The van der Waals surface area contributed by atoms with Gasteiger partial charge in [0.25, 0.3) is 0 Å². The van der Waals surface area contributed by atoms with Gasteiger partial charge in [-0.1, -0.05) is 65.8 Å². The van der Waals surface area contributed by atoms with E-state index in [0.29, 0.717) is 6.61 Å². The van der Waals surface area contributed by atoms with Crippen LogP contribution in [0.15, 0.2) is 65.8 Å². The van der Waals surface area contributed by atoms with Crippen molar-refractivity contribution < 1.29 is 4.84 Å². The van der Waals surface area contributed by atoms with E-state index >= 15 is 0 Å². The van der Waals surface area contributed by atoms with Crippen LogP contribution in [0.2, 0.25) is 0 Å². The van der Waals surface area contributed by atoms with Crippen LogP contribution in [0, 0.1) is 0 Å². The lowest BCUT2D eigenvalue weighted by Gasteiger charge is -2.02. The van der Waals surface area contributed by atoms with Gasteiger partial charge in [-0.3, -0.25) is 0 Å². The maximum Gasteiger partial charge on any atom is 0.142 e. The van der Waals surface area contributed by atoms with Crippen molar-refractivity contribution in [3.05, 3.63) is 71.8 Å². The zero-order valence-corrected chi connectivity index (χ0v) is 9.84. The maximum absolute atomic E-state index is 5.32. The summed E-state index contributed by atoms with van der Waals surface area (Å²) in [5, 5.41) is 4.11. The minimum absolute atomic E-state index is 0.505. The maximum atomic E-state index is 5.32. The lowest BCUT2D eigenvalue weighted by molar-refractivity contribution is 0.130. The van der Waals surface area contributed by atoms with Crippen LogP contribution >= 0.6 is 0 Å². The van der Waals surface area contributed by atoms with Gasteiger partial charge in [-0.15, -0.1) is 0 Å². The molecule has 17 heavy (non-hydrogen) atoms. The molecule has 2 heteroatoms. The van der Waals surface area contributed by atoms with E-state index in [1.54, 1.807) is 0 Å². The summed E-state index contributed by atoms with van der Waals surface area (Å²) in [6.07, 6.45) is 0. The predicted octanol–water partition coefficient (Wildman–Crippen LogP) is 3.63. The van der Waals surface area contributed by atoms with Crippen molar-refractivity contribution in [2.45, 2.75) is 13.5 Å². The van der Waals surface area contributed by atoms with Crippen LogP contribution in [0.4, 0.5) is 0 Å². The summed E-state index contributed by atoms with van der Waals surface area (Å²) in [5.74, 6) is 0. The molecule has 2 rings (SSSR count). The molecule has 86 valence electrons. The molecule has 0 aliphatic heterocycles. The minimum atomic E-state index is 0.505. The molecule has 0 heterocycles. The quantitative estimate of drug-likeness (QED) is 0.575. The van der Waals surface area contributed by atoms with Gasteiger partial charge in [0, 0.05) is 0 Å². The van der Waals surface area contributed by atoms with Gasteiger partial charge in [-0.2, -0.15) is 0 Å². The third kappa shape index (κ3) is 3.45. The summed E-state index contributed by atoms with van der Waals surface area (Å²) in [4.78, 5) is 5.32. The second-order valence-electron chi connectivity index (χ2n) is 3.80. The molecule has 0 saturated heterocycles. The topological polar surface area (TPSA) is 21.6 Å². The second kappa shape index (κ2) is 5.85. The number of rotatable bonds is 4. The molecule has 0 fully saturated rings. The Morgan fingerprint density at radius 2 is 1.53 bits per heavy atom. The minimum Gasteiger partial charge on any atom is -0.391 e. The Morgan fingerprint density at radius 3 is 2.18 bits per heavy atom. The Hall–Kier alpha value is -2.09. The van der Waals surface area contributed by atoms with Gasteiger partial charge in [0.05, 0.1) is 5.71 Å². The summed E-state index contributed by atoms with van der Waals surface area (Å²) < 4.78 is 0. The highest BCUT2D eigenvalue weighted by atomic mass is 16.6. The Balaban J connectivity index is 1.93. The van der Waals surface area contributed by atoms with Gasteiger partial charge in [0.15, 0.2) is 0 Å². The Labute approximate surface area is 102 Å². The van der Waals surface area contributed by atoms with Crippen molar-refractivity contribution in [2.24, 2.45) is 5.16 Å². The molecule has 2 aromatic carbocycles. The van der Waals surface area contributed by atoms with E-state index in [1.165, 1.54) is 0 Å². The van der Waals surface area contributed by atoms with Gasteiger partial charge in [-0.25, -0.2) is 0 Å². The van der Waals surface area contributed by atoms with Crippen LogP contribution in [-0.2, 0) is 11.4 Å². The SMILES string of the molecule is CC(=NOCc1ccccc1)c1ccccc1. The van der Waals surface area contributed by atoms with E-state index < -0.39 is 0 Å². The fourth-order valence-corrected chi connectivity index (χ4v) is 1.51. The molecule has 0 aliphatic carbocycles. The molecule has 0 unspecified atom stereocenters. The van der Waals surface area contributed by atoms with Crippen LogP contribution in [0.3, 0.4) is 0 Å². The molecular weight excluding hydrogens is 210 g/mol. The van der Waals surface area contributed by atoms with E-state index in [1.807, 2.05) is 67.6 Å². The standard InChI is InChI=1S/C15H15NO/c1-13(15-10-6-3-7-11-15)16-17-12-14-8-4-2-5-9-14/h2-11H,12H2,1H3. The first kappa shape index (κ1) is 11.4. The van der Waals surface area contributed by atoms with E-state index in [2.05, 4.69) is 5.16 Å². The number of hydrogen-bond acceptors (Lipinski definition) is 2. The first-order valence-electron chi connectivity index (χ1n) is 5.62. The molecule has 2 nitrogen and oxygen atoms in total. The van der Waals surface area contributed by atoms with Gasteiger partial charge in [-0.05, 0) is 18.1 Å². The molecule has 0 aromatic heterocycles. The van der Waals surface area contributed by atoms with E-state index in [0.717, 1.165) is 16.8 Å². The molecule has 0 aliphatic rings. The van der Waals surface area contributed by atoms with Crippen molar-refractivity contribution in [3.8, 4) is 0 Å². The van der Waals surface area contributed by atoms with Crippen molar-refractivity contribution >= 4 is 5.71 Å². The monoisotopic (exact) mass is 225 g/mol. The first-order valence-corrected chi connectivity index (χ1v) is 5.62. The van der Waals surface area contributed by atoms with Crippen LogP contribution in [0.25, 0.3) is 0 Å². The van der Waals surface area contributed by atoms with E-state index in [4.69, 9.17) is 4.84 Å². The molecule has 0 N–H and O–H groups in total. The smallest absolute Gasteiger partial charge is 0.142 e. The largest absolute Gasteiger partial charge is 0.391 e. The van der Waals surface area contributed by atoms with Crippen molar-refractivity contribution in [2.75, 3.05) is 0 Å². The van der Waals surface area contributed by atoms with Crippen LogP contribution < -0.4 is 0 Å². The number of benzene rings is 2. The zero-order valence-electron chi connectivity index (χ0n) is 9.84. The lowest BCUT2D eigenvalue weighted by Crippen LogP contribution is -1.96. The molecule has 0 amide bonds. The third-order valence-electron chi connectivity index (χ3n) is 2.47. The highest BCUT2D eigenvalue weighted by Gasteiger charge is 1.96. The molecule has 2 aromatic rings. The van der Waals surface area contributed by atoms with Crippen LogP contribution in [0.5, 0.6) is 0 Å². The summed E-state index contributed by atoms with van der Waals surface area (Å²) in [5.41, 5.74) is 3.10. The summed E-state index contributed by atoms with van der Waals surface area (Å²) in [6.45, 7) is 2.45. The van der Waals surface area contributed by atoms with Gasteiger partial charge >= 0.3 is 0 Å². The summed E-state index contributed by atoms with van der Waals surface area (Å²) in [6, 6.07) is 20.0. The molecule has 0 radical (unpaired) electrons. The van der Waals surface area contributed by atoms with E-state index in [9.17, 15) is 0 Å². The van der Waals surface area contributed by atoms with Crippen LogP contribution in [-0.4, -0.2) is 5.71 Å². The van der Waals surface area contributed by atoms with Crippen LogP contribution in [0.1, 0.15) is 18.1 Å². The zero-order chi connectivity index (χ0) is 11.9. The first-order chi connectivity index (χ1) is 8.36. The number of nitrogens with zero attached hydrogens (tertiary/aromatic N) is 1. The van der Waals surface area contributed by atoms with Gasteiger partial charge in [0.2, 0.25) is 0 Å². The average molecular weight is 225 g/mol. The Kier molecular flexibility index (Phi) is 3.92.